The topological polar surface area (TPSA) is 8.17 Å². The van der Waals surface area contributed by atoms with E-state index >= 15 is 0 Å². The third kappa shape index (κ3) is 6.04. The molecule has 1 heterocycles. The van der Waals surface area contributed by atoms with Crippen molar-refractivity contribution in [2.24, 2.45) is 0 Å². The summed E-state index contributed by atoms with van der Waals surface area (Å²) in [7, 11) is 0. The first-order valence-electron chi connectivity index (χ1n) is 20.1. The predicted molar refractivity (Wildman–Crippen MR) is 242 cm³/mol. The number of hydrogen-bond acceptors (Lipinski definition) is 1. The van der Waals surface area contributed by atoms with Gasteiger partial charge in [0.05, 0.1) is 16.7 Å². The van der Waals surface area contributed by atoms with Crippen LogP contribution in [0.5, 0.6) is 0 Å². The van der Waals surface area contributed by atoms with Crippen LogP contribution in [0.25, 0.3) is 60.9 Å². The Bertz CT molecular complexity index is 2800. The SMILES string of the molecule is CC1(C)CC(C)(C)c2c(-n3c4ccccc4c4cc(-c5ccc(N(c6ccc(-c7ccccc7)cc6)c6ccc(-c7ccccc7)cc6)cc5)ccc43)cccc21. The number of anilines is 3. The van der Waals surface area contributed by atoms with Gasteiger partial charge in [0.25, 0.3) is 0 Å². The van der Waals surface area contributed by atoms with Crippen molar-refractivity contribution in [1.29, 1.82) is 0 Å². The minimum atomic E-state index is 0.0799. The average molecular weight is 735 g/mol. The molecule has 1 aromatic heterocycles. The first-order chi connectivity index (χ1) is 27.7. The largest absolute Gasteiger partial charge is 0.311 e. The Labute approximate surface area is 336 Å². The number of benzene rings is 8. The van der Waals surface area contributed by atoms with Gasteiger partial charge < -0.3 is 9.47 Å². The van der Waals surface area contributed by atoms with Gasteiger partial charge in [-0.15, -0.1) is 0 Å². The van der Waals surface area contributed by atoms with Crippen LogP contribution in [0.2, 0.25) is 0 Å². The van der Waals surface area contributed by atoms with Crippen LogP contribution in [-0.2, 0) is 10.8 Å². The summed E-state index contributed by atoms with van der Waals surface area (Å²) >= 11 is 0. The molecular formula is C55H46N2. The van der Waals surface area contributed by atoms with E-state index in [4.69, 9.17) is 0 Å². The Kier molecular flexibility index (Phi) is 8.27. The number of para-hydroxylation sites is 1. The Morgan fingerprint density at radius 1 is 0.386 bits per heavy atom. The highest BCUT2D eigenvalue weighted by molar-refractivity contribution is 6.10. The van der Waals surface area contributed by atoms with Crippen LogP contribution < -0.4 is 4.90 Å². The number of aromatic nitrogens is 1. The zero-order valence-electron chi connectivity index (χ0n) is 33.1. The third-order valence-corrected chi connectivity index (χ3v) is 12.2. The van der Waals surface area contributed by atoms with Crippen molar-refractivity contribution in [2.45, 2.75) is 44.9 Å². The van der Waals surface area contributed by atoms with Crippen molar-refractivity contribution in [1.82, 2.24) is 4.57 Å². The Balaban J connectivity index is 1.05. The smallest absolute Gasteiger partial charge is 0.0541 e. The normalized spacial score (nSPS) is 14.2. The minimum absolute atomic E-state index is 0.0799. The predicted octanol–water partition coefficient (Wildman–Crippen LogP) is 15.2. The molecule has 0 unspecified atom stereocenters. The van der Waals surface area contributed by atoms with Crippen LogP contribution in [0.4, 0.5) is 17.1 Å². The molecule has 2 heteroatoms. The fourth-order valence-electron chi connectivity index (χ4n) is 9.82. The van der Waals surface area contributed by atoms with Crippen molar-refractivity contribution in [3.05, 3.63) is 205 Å². The Morgan fingerprint density at radius 2 is 0.842 bits per heavy atom. The molecule has 0 N–H and O–H groups in total. The fraction of sp³-hybridized carbons (Fsp3) is 0.127. The van der Waals surface area contributed by atoms with Crippen LogP contribution >= 0.6 is 0 Å². The third-order valence-electron chi connectivity index (χ3n) is 12.2. The maximum Gasteiger partial charge on any atom is 0.0541 e. The molecule has 1 aliphatic rings. The summed E-state index contributed by atoms with van der Waals surface area (Å²) in [4.78, 5) is 2.35. The van der Waals surface area contributed by atoms with Crippen molar-refractivity contribution < 1.29 is 0 Å². The van der Waals surface area contributed by atoms with E-state index in [0.29, 0.717) is 0 Å². The van der Waals surface area contributed by atoms with Crippen LogP contribution in [0, 0.1) is 0 Å². The van der Waals surface area contributed by atoms with Crippen molar-refractivity contribution in [3.63, 3.8) is 0 Å². The Hall–Kier alpha value is -6.64. The first kappa shape index (κ1) is 34.8. The Morgan fingerprint density at radius 3 is 1.40 bits per heavy atom. The van der Waals surface area contributed by atoms with E-state index in [1.54, 1.807) is 0 Å². The molecule has 0 aliphatic heterocycles. The van der Waals surface area contributed by atoms with E-state index in [1.165, 1.54) is 72.0 Å². The lowest BCUT2D eigenvalue weighted by Gasteiger charge is -2.26. The molecule has 0 spiro atoms. The standard InChI is InChI=1S/C55H46N2/c1-54(2)37-55(3,4)53-49(54)19-13-21-52(53)57-50-20-12-11-18-47(50)48-36-43(28-35-51(48)57)42-26-33-46(34-27-42)56(44-29-22-40(23-30-44)38-14-7-5-8-15-38)45-31-24-41(25-32-45)39-16-9-6-10-17-39/h5-36H,37H2,1-4H3. The van der Waals surface area contributed by atoms with Crippen molar-refractivity contribution in [2.75, 3.05) is 4.90 Å². The van der Waals surface area contributed by atoms with Gasteiger partial charge in [0, 0.05) is 27.8 Å². The molecule has 0 saturated heterocycles. The summed E-state index contributed by atoms with van der Waals surface area (Å²) < 4.78 is 2.52. The van der Waals surface area contributed by atoms with E-state index in [2.05, 4.69) is 231 Å². The molecule has 276 valence electrons. The molecule has 0 bridgehead atoms. The maximum atomic E-state index is 2.52. The van der Waals surface area contributed by atoms with Crippen LogP contribution in [-0.4, -0.2) is 4.57 Å². The second kappa shape index (κ2) is 13.5. The van der Waals surface area contributed by atoms with Crippen molar-refractivity contribution in [3.8, 4) is 39.1 Å². The van der Waals surface area contributed by atoms with E-state index in [0.717, 1.165) is 23.5 Å². The van der Waals surface area contributed by atoms with Gasteiger partial charge in [0.15, 0.2) is 0 Å². The minimum Gasteiger partial charge on any atom is -0.311 e. The van der Waals surface area contributed by atoms with Crippen LogP contribution in [0.3, 0.4) is 0 Å². The first-order valence-corrected chi connectivity index (χ1v) is 20.1. The molecule has 10 rings (SSSR count). The molecule has 9 aromatic rings. The molecule has 57 heavy (non-hydrogen) atoms. The second-order valence-corrected chi connectivity index (χ2v) is 16.9. The van der Waals surface area contributed by atoms with E-state index in [9.17, 15) is 0 Å². The molecule has 1 aliphatic carbocycles. The van der Waals surface area contributed by atoms with Gasteiger partial charge in [-0.2, -0.15) is 0 Å². The number of hydrogen-bond donors (Lipinski definition) is 0. The van der Waals surface area contributed by atoms with Gasteiger partial charge in [0.2, 0.25) is 0 Å². The average Bonchev–Trinajstić information content (AvgIpc) is 3.68. The lowest BCUT2D eigenvalue weighted by atomic mass is 9.81. The highest BCUT2D eigenvalue weighted by atomic mass is 15.1. The van der Waals surface area contributed by atoms with Gasteiger partial charge in [-0.3, -0.25) is 0 Å². The lowest BCUT2D eigenvalue weighted by molar-refractivity contribution is 0.403. The van der Waals surface area contributed by atoms with Gasteiger partial charge in [-0.1, -0.05) is 161 Å². The van der Waals surface area contributed by atoms with Crippen molar-refractivity contribution >= 4 is 38.9 Å². The monoisotopic (exact) mass is 734 g/mol. The molecule has 0 amide bonds. The van der Waals surface area contributed by atoms with Gasteiger partial charge >= 0.3 is 0 Å². The van der Waals surface area contributed by atoms with E-state index < -0.39 is 0 Å². The van der Waals surface area contributed by atoms with Crippen LogP contribution in [0.1, 0.15) is 45.2 Å². The highest BCUT2D eigenvalue weighted by Gasteiger charge is 2.43. The van der Waals surface area contributed by atoms with Gasteiger partial charge in [-0.05, 0) is 122 Å². The molecule has 0 radical (unpaired) electrons. The molecular weight excluding hydrogens is 689 g/mol. The van der Waals surface area contributed by atoms with E-state index in [-0.39, 0.29) is 10.8 Å². The molecule has 0 saturated carbocycles. The fourth-order valence-corrected chi connectivity index (χ4v) is 9.82. The lowest BCUT2D eigenvalue weighted by Crippen LogP contribution is -2.18. The zero-order chi connectivity index (χ0) is 38.7. The summed E-state index contributed by atoms with van der Waals surface area (Å²) in [6.07, 6.45) is 1.14. The maximum absolute atomic E-state index is 2.52. The highest BCUT2D eigenvalue weighted by Crippen LogP contribution is 2.52. The molecule has 0 atom stereocenters. The quantitative estimate of drug-likeness (QED) is 0.158. The molecule has 0 fully saturated rings. The van der Waals surface area contributed by atoms with Gasteiger partial charge in [0.1, 0.15) is 0 Å². The summed E-state index contributed by atoms with van der Waals surface area (Å²) in [6.45, 7) is 9.63. The molecule has 2 nitrogen and oxygen atoms in total. The molecule has 8 aromatic carbocycles. The number of nitrogens with zero attached hydrogens (tertiary/aromatic N) is 2. The summed E-state index contributed by atoms with van der Waals surface area (Å²) in [5, 5.41) is 2.56. The summed E-state index contributed by atoms with van der Waals surface area (Å²) in [5.41, 5.74) is 17.6. The number of rotatable bonds is 7. The van der Waals surface area contributed by atoms with Gasteiger partial charge in [-0.25, -0.2) is 0 Å². The van der Waals surface area contributed by atoms with Crippen LogP contribution in [0.15, 0.2) is 194 Å². The zero-order valence-corrected chi connectivity index (χ0v) is 33.1. The summed E-state index contributed by atoms with van der Waals surface area (Å²) in [5.74, 6) is 0. The second-order valence-electron chi connectivity index (χ2n) is 16.9. The summed E-state index contributed by atoms with van der Waals surface area (Å²) in [6, 6.07) is 70.9. The van der Waals surface area contributed by atoms with E-state index in [1.807, 2.05) is 0 Å². The number of fused-ring (bicyclic) bond motifs is 4.